The number of nitrogens with one attached hydrogen (secondary N) is 1. The zero-order valence-electron chi connectivity index (χ0n) is 10.2. The van der Waals surface area contributed by atoms with Gasteiger partial charge in [0, 0.05) is 6.92 Å². The molecule has 1 N–H and O–H groups in total. The minimum absolute atomic E-state index is 0.0466. The smallest absolute Gasteiger partial charge is 0.217 e. The Kier molecular flexibility index (Phi) is 5.62. The molecular formula is C14H21NO. The molecule has 16 heavy (non-hydrogen) atoms. The maximum Gasteiger partial charge on any atom is 0.217 e. The van der Waals surface area contributed by atoms with Gasteiger partial charge in [0.2, 0.25) is 5.91 Å². The highest BCUT2D eigenvalue weighted by atomic mass is 16.1. The lowest BCUT2D eigenvalue weighted by Crippen LogP contribution is -2.25. The van der Waals surface area contributed by atoms with Gasteiger partial charge < -0.3 is 5.32 Å². The average Bonchev–Trinajstić information content (AvgIpc) is 2.29. The molecule has 0 bridgehead atoms. The van der Waals surface area contributed by atoms with Crippen molar-refractivity contribution in [3.8, 4) is 0 Å². The molecule has 2 heteroatoms. The van der Waals surface area contributed by atoms with E-state index in [0.717, 1.165) is 12.8 Å². The SMILES string of the molecule is CCCCCC(NC(C)=O)c1ccccc1. The van der Waals surface area contributed by atoms with Gasteiger partial charge >= 0.3 is 0 Å². The Bertz CT molecular complexity index is 308. The predicted octanol–water partition coefficient (Wildman–Crippen LogP) is 3.44. The van der Waals surface area contributed by atoms with Crippen LogP contribution in [0.15, 0.2) is 30.3 Å². The molecule has 1 aromatic rings. The molecule has 0 aromatic heterocycles. The van der Waals surface area contributed by atoms with Crippen molar-refractivity contribution in [3.05, 3.63) is 35.9 Å². The molecule has 0 aliphatic heterocycles. The Morgan fingerprint density at radius 2 is 1.94 bits per heavy atom. The molecular weight excluding hydrogens is 198 g/mol. The molecule has 0 fully saturated rings. The Balaban J connectivity index is 2.60. The lowest BCUT2D eigenvalue weighted by atomic mass is 10.0. The van der Waals surface area contributed by atoms with Gasteiger partial charge in [0.15, 0.2) is 0 Å². The van der Waals surface area contributed by atoms with E-state index in [1.54, 1.807) is 6.92 Å². The Hall–Kier alpha value is -1.31. The van der Waals surface area contributed by atoms with Gasteiger partial charge in [-0.3, -0.25) is 4.79 Å². The predicted molar refractivity (Wildman–Crippen MR) is 67.1 cm³/mol. The number of unbranched alkanes of at least 4 members (excludes halogenated alkanes) is 2. The maximum absolute atomic E-state index is 11.1. The summed E-state index contributed by atoms with van der Waals surface area (Å²) in [4.78, 5) is 11.1. The quantitative estimate of drug-likeness (QED) is 0.729. The first-order valence-electron chi connectivity index (χ1n) is 6.06. The number of carbonyl (C=O) groups is 1. The van der Waals surface area contributed by atoms with Crippen LogP contribution >= 0.6 is 0 Å². The average molecular weight is 219 g/mol. The second-order valence-corrected chi connectivity index (χ2v) is 4.16. The third kappa shape index (κ3) is 4.47. The van der Waals surface area contributed by atoms with Gasteiger partial charge in [0.05, 0.1) is 6.04 Å². The Labute approximate surface area is 98.1 Å². The van der Waals surface area contributed by atoms with Crippen molar-refractivity contribution < 1.29 is 4.79 Å². The summed E-state index contributed by atoms with van der Waals surface area (Å²) >= 11 is 0. The molecule has 1 rings (SSSR count). The van der Waals surface area contributed by atoms with E-state index in [0.29, 0.717) is 0 Å². The molecule has 0 aliphatic carbocycles. The zero-order chi connectivity index (χ0) is 11.8. The Morgan fingerprint density at radius 3 is 2.50 bits per heavy atom. The highest BCUT2D eigenvalue weighted by Crippen LogP contribution is 2.19. The topological polar surface area (TPSA) is 29.1 Å². The first-order chi connectivity index (χ1) is 7.74. The van der Waals surface area contributed by atoms with Crippen LogP contribution in [0.2, 0.25) is 0 Å². The third-order valence-corrected chi connectivity index (χ3v) is 2.68. The Morgan fingerprint density at radius 1 is 1.25 bits per heavy atom. The number of benzene rings is 1. The summed E-state index contributed by atoms with van der Waals surface area (Å²) in [7, 11) is 0. The van der Waals surface area contributed by atoms with Crippen molar-refractivity contribution in [2.45, 2.75) is 45.6 Å². The molecule has 88 valence electrons. The van der Waals surface area contributed by atoms with Crippen LogP contribution in [-0.2, 0) is 4.79 Å². The largest absolute Gasteiger partial charge is 0.350 e. The van der Waals surface area contributed by atoms with E-state index in [2.05, 4.69) is 24.4 Å². The van der Waals surface area contributed by atoms with E-state index in [1.807, 2.05) is 18.2 Å². The second kappa shape index (κ2) is 7.04. The minimum Gasteiger partial charge on any atom is -0.350 e. The van der Waals surface area contributed by atoms with Gasteiger partial charge in [-0.15, -0.1) is 0 Å². The molecule has 1 atom stereocenters. The van der Waals surface area contributed by atoms with Crippen LogP contribution in [0.3, 0.4) is 0 Å². The van der Waals surface area contributed by atoms with Gasteiger partial charge in [-0.25, -0.2) is 0 Å². The van der Waals surface area contributed by atoms with Gasteiger partial charge in [-0.05, 0) is 12.0 Å². The zero-order valence-corrected chi connectivity index (χ0v) is 10.2. The van der Waals surface area contributed by atoms with Crippen LogP contribution in [0.5, 0.6) is 0 Å². The van der Waals surface area contributed by atoms with Crippen LogP contribution < -0.4 is 5.32 Å². The molecule has 1 amide bonds. The number of hydrogen-bond acceptors (Lipinski definition) is 1. The normalized spacial score (nSPS) is 12.1. The van der Waals surface area contributed by atoms with Crippen LogP contribution in [0.4, 0.5) is 0 Å². The van der Waals surface area contributed by atoms with E-state index in [1.165, 1.54) is 18.4 Å². The molecule has 0 spiro atoms. The molecule has 1 unspecified atom stereocenters. The lowest BCUT2D eigenvalue weighted by Gasteiger charge is -2.18. The van der Waals surface area contributed by atoms with Crippen molar-refractivity contribution >= 4 is 5.91 Å². The number of amides is 1. The summed E-state index contributed by atoms with van der Waals surface area (Å²) in [6.07, 6.45) is 4.62. The fourth-order valence-corrected chi connectivity index (χ4v) is 1.85. The second-order valence-electron chi connectivity index (χ2n) is 4.16. The number of rotatable bonds is 6. The molecule has 0 saturated heterocycles. The van der Waals surface area contributed by atoms with Crippen LogP contribution in [0.1, 0.15) is 51.1 Å². The van der Waals surface area contributed by atoms with Crippen LogP contribution in [0.25, 0.3) is 0 Å². The highest BCUT2D eigenvalue weighted by molar-refractivity contribution is 5.73. The summed E-state index contributed by atoms with van der Waals surface area (Å²) in [6.45, 7) is 3.77. The number of hydrogen-bond donors (Lipinski definition) is 1. The summed E-state index contributed by atoms with van der Waals surface area (Å²) in [5.74, 6) is 0.0466. The number of carbonyl (C=O) groups excluding carboxylic acids is 1. The highest BCUT2D eigenvalue weighted by Gasteiger charge is 2.11. The fourth-order valence-electron chi connectivity index (χ4n) is 1.85. The summed E-state index contributed by atoms with van der Waals surface area (Å²) in [6, 6.07) is 10.4. The molecule has 0 aliphatic rings. The molecule has 0 heterocycles. The summed E-state index contributed by atoms with van der Waals surface area (Å²) in [5.41, 5.74) is 1.20. The monoisotopic (exact) mass is 219 g/mol. The van der Waals surface area contributed by atoms with Crippen molar-refractivity contribution in [1.29, 1.82) is 0 Å². The van der Waals surface area contributed by atoms with Gasteiger partial charge in [-0.2, -0.15) is 0 Å². The summed E-state index contributed by atoms with van der Waals surface area (Å²) in [5, 5.41) is 3.02. The lowest BCUT2D eigenvalue weighted by molar-refractivity contribution is -0.119. The fraction of sp³-hybridized carbons (Fsp3) is 0.500. The van der Waals surface area contributed by atoms with E-state index < -0.39 is 0 Å². The standard InChI is InChI=1S/C14H21NO/c1-3-4-6-11-14(15-12(2)16)13-9-7-5-8-10-13/h5,7-10,14H,3-4,6,11H2,1-2H3,(H,15,16). The first-order valence-corrected chi connectivity index (χ1v) is 6.06. The van der Waals surface area contributed by atoms with Gasteiger partial charge in [0.25, 0.3) is 0 Å². The van der Waals surface area contributed by atoms with Gasteiger partial charge in [-0.1, -0.05) is 56.5 Å². The van der Waals surface area contributed by atoms with E-state index in [9.17, 15) is 4.79 Å². The summed E-state index contributed by atoms with van der Waals surface area (Å²) < 4.78 is 0. The van der Waals surface area contributed by atoms with E-state index in [4.69, 9.17) is 0 Å². The van der Waals surface area contributed by atoms with Crippen molar-refractivity contribution in [2.24, 2.45) is 0 Å². The van der Waals surface area contributed by atoms with Crippen LogP contribution in [-0.4, -0.2) is 5.91 Å². The van der Waals surface area contributed by atoms with Gasteiger partial charge in [0.1, 0.15) is 0 Å². The third-order valence-electron chi connectivity index (χ3n) is 2.68. The van der Waals surface area contributed by atoms with E-state index >= 15 is 0 Å². The van der Waals surface area contributed by atoms with Crippen molar-refractivity contribution in [1.82, 2.24) is 5.32 Å². The molecule has 0 saturated carbocycles. The maximum atomic E-state index is 11.1. The minimum atomic E-state index is 0.0466. The van der Waals surface area contributed by atoms with Crippen molar-refractivity contribution in [3.63, 3.8) is 0 Å². The van der Waals surface area contributed by atoms with Crippen molar-refractivity contribution in [2.75, 3.05) is 0 Å². The van der Waals surface area contributed by atoms with Crippen LogP contribution in [0, 0.1) is 0 Å². The first kappa shape index (κ1) is 12.8. The molecule has 1 aromatic carbocycles. The van der Waals surface area contributed by atoms with E-state index in [-0.39, 0.29) is 11.9 Å². The molecule has 0 radical (unpaired) electrons. The molecule has 2 nitrogen and oxygen atoms in total.